The fraction of sp³-hybridized carbons (Fsp3) is 0.500. The van der Waals surface area contributed by atoms with Crippen LogP contribution in [0.25, 0.3) is 0 Å². The van der Waals surface area contributed by atoms with Crippen molar-refractivity contribution in [3.63, 3.8) is 0 Å². The molecule has 0 aliphatic heterocycles. The lowest BCUT2D eigenvalue weighted by Crippen LogP contribution is -2.27. The summed E-state index contributed by atoms with van der Waals surface area (Å²) in [5.41, 5.74) is 6.77. The molecule has 1 rings (SSSR count). The highest BCUT2D eigenvalue weighted by Gasteiger charge is 2.10. The van der Waals surface area contributed by atoms with E-state index in [0.717, 1.165) is 5.56 Å². The fourth-order valence-electron chi connectivity index (χ4n) is 1.47. The molecule has 0 aliphatic carbocycles. The van der Waals surface area contributed by atoms with Gasteiger partial charge in [-0.25, -0.2) is 0 Å². The Morgan fingerprint density at radius 2 is 2.12 bits per heavy atom. The van der Waals surface area contributed by atoms with Crippen LogP contribution in [0.15, 0.2) is 18.2 Å². The van der Waals surface area contributed by atoms with Crippen molar-refractivity contribution in [2.75, 3.05) is 20.0 Å². The number of methoxy groups -OCH3 is 1. The average Bonchev–Trinajstić information content (AvgIpc) is 2.29. The molecule has 2 unspecified atom stereocenters. The molecule has 0 bridgehead atoms. The second-order valence-electron chi connectivity index (χ2n) is 3.66. The van der Waals surface area contributed by atoms with Crippen molar-refractivity contribution in [3.05, 3.63) is 23.8 Å². The second-order valence-corrected chi connectivity index (χ2v) is 5.26. The fourth-order valence-corrected chi connectivity index (χ4v) is 1.89. The number of hydrogen-bond donors (Lipinski definition) is 1. The van der Waals surface area contributed by atoms with E-state index in [9.17, 15) is 4.21 Å². The first kappa shape index (κ1) is 14.0. The molecule has 0 saturated carbocycles. The van der Waals surface area contributed by atoms with Gasteiger partial charge in [0, 0.05) is 17.1 Å². The number of benzene rings is 1. The molecule has 2 atom stereocenters. The van der Waals surface area contributed by atoms with Crippen molar-refractivity contribution in [1.82, 2.24) is 0 Å². The van der Waals surface area contributed by atoms with Gasteiger partial charge in [0.15, 0.2) is 11.5 Å². The van der Waals surface area contributed by atoms with Crippen molar-refractivity contribution >= 4 is 10.8 Å². The highest BCUT2D eigenvalue weighted by Crippen LogP contribution is 2.28. The van der Waals surface area contributed by atoms with E-state index in [-0.39, 0.29) is 5.37 Å². The summed E-state index contributed by atoms with van der Waals surface area (Å²) in [4.78, 5) is 0. The van der Waals surface area contributed by atoms with E-state index in [1.165, 1.54) is 0 Å². The lowest BCUT2D eigenvalue weighted by Gasteiger charge is -2.13. The van der Waals surface area contributed by atoms with Crippen LogP contribution in [-0.2, 0) is 17.2 Å². The molecule has 5 heteroatoms. The second kappa shape index (κ2) is 6.61. The minimum Gasteiger partial charge on any atom is -0.493 e. The smallest absolute Gasteiger partial charge is 0.161 e. The predicted molar refractivity (Wildman–Crippen MR) is 69.9 cm³/mol. The van der Waals surface area contributed by atoms with Crippen molar-refractivity contribution in [2.24, 2.45) is 5.73 Å². The van der Waals surface area contributed by atoms with Crippen molar-refractivity contribution in [1.29, 1.82) is 0 Å². The summed E-state index contributed by atoms with van der Waals surface area (Å²) in [7, 11) is 0.579. The highest BCUT2D eigenvalue weighted by atomic mass is 32.2. The first-order valence-corrected chi connectivity index (χ1v) is 7.08. The minimum absolute atomic E-state index is 0.349. The Balaban J connectivity index is 2.87. The maximum absolute atomic E-state index is 11.2. The molecule has 96 valence electrons. The molecule has 0 aliphatic rings. The van der Waals surface area contributed by atoms with Gasteiger partial charge in [0.05, 0.1) is 19.1 Å². The molecule has 1 aromatic rings. The summed E-state index contributed by atoms with van der Waals surface area (Å²) >= 11 is 0. The Morgan fingerprint density at radius 1 is 1.41 bits per heavy atom. The van der Waals surface area contributed by atoms with Crippen LogP contribution in [0.1, 0.15) is 12.5 Å². The van der Waals surface area contributed by atoms with Gasteiger partial charge in [-0.3, -0.25) is 4.21 Å². The van der Waals surface area contributed by atoms with Gasteiger partial charge < -0.3 is 15.2 Å². The summed E-state index contributed by atoms with van der Waals surface area (Å²) in [6.07, 6.45) is 2.17. The molecular weight excluding hydrogens is 238 g/mol. The Labute approximate surface area is 105 Å². The maximum atomic E-state index is 11.2. The topological polar surface area (TPSA) is 61.5 Å². The van der Waals surface area contributed by atoms with Crippen LogP contribution in [0.5, 0.6) is 11.5 Å². The lowest BCUT2D eigenvalue weighted by atomic mass is 10.1. The zero-order chi connectivity index (χ0) is 12.8. The van der Waals surface area contributed by atoms with Crippen LogP contribution >= 0.6 is 0 Å². The van der Waals surface area contributed by atoms with E-state index in [0.29, 0.717) is 24.5 Å². The number of hydrogen-bond acceptors (Lipinski definition) is 4. The monoisotopic (exact) mass is 257 g/mol. The normalized spacial score (nSPS) is 14.1. The van der Waals surface area contributed by atoms with Crippen LogP contribution in [0, 0.1) is 0 Å². The van der Waals surface area contributed by atoms with E-state index in [1.807, 2.05) is 25.1 Å². The van der Waals surface area contributed by atoms with Crippen LogP contribution < -0.4 is 15.2 Å². The van der Waals surface area contributed by atoms with Crippen LogP contribution in [-0.4, -0.2) is 29.6 Å². The molecule has 2 N–H and O–H groups in total. The Bertz CT molecular complexity index is 395. The maximum Gasteiger partial charge on any atom is 0.161 e. The summed E-state index contributed by atoms with van der Waals surface area (Å²) in [6, 6.07) is 5.63. The van der Waals surface area contributed by atoms with Gasteiger partial charge in [-0.2, -0.15) is 0 Å². The van der Waals surface area contributed by atoms with Gasteiger partial charge in [0.1, 0.15) is 0 Å². The first-order valence-electron chi connectivity index (χ1n) is 5.46. The molecule has 17 heavy (non-hydrogen) atoms. The summed E-state index contributed by atoms with van der Waals surface area (Å²) < 4.78 is 21.9. The minimum atomic E-state index is -1.02. The Hall–Kier alpha value is -1.07. The quantitative estimate of drug-likeness (QED) is 0.834. The molecule has 4 nitrogen and oxygen atoms in total. The highest BCUT2D eigenvalue weighted by molar-refractivity contribution is 7.84. The van der Waals surface area contributed by atoms with Crippen molar-refractivity contribution < 1.29 is 13.7 Å². The van der Waals surface area contributed by atoms with E-state index in [4.69, 9.17) is 15.2 Å². The molecule has 0 fully saturated rings. The van der Waals surface area contributed by atoms with Gasteiger partial charge in [0.25, 0.3) is 0 Å². The Morgan fingerprint density at radius 3 is 2.65 bits per heavy atom. The van der Waals surface area contributed by atoms with Gasteiger partial charge in [-0.05, 0) is 31.0 Å². The third-order valence-corrected chi connectivity index (χ3v) is 3.41. The largest absolute Gasteiger partial charge is 0.493 e. The average molecular weight is 257 g/mol. The van der Waals surface area contributed by atoms with Crippen LogP contribution in [0.3, 0.4) is 0 Å². The van der Waals surface area contributed by atoms with E-state index in [2.05, 4.69) is 0 Å². The van der Waals surface area contributed by atoms with Crippen LogP contribution in [0.2, 0.25) is 0 Å². The predicted octanol–water partition coefficient (Wildman–Crippen LogP) is 1.30. The Kier molecular flexibility index (Phi) is 5.44. The molecule has 0 heterocycles. The van der Waals surface area contributed by atoms with Crippen molar-refractivity contribution in [3.8, 4) is 11.5 Å². The third kappa shape index (κ3) is 4.02. The summed E-state index contributed by atoms with van der Waals surface area (Å²) in [5, 5.41) is -0.349. The third-order valence-electron chi connectivity index (χ3n) is 2.39. The van der Waals surface area contributed by atoms with Crippen molar-refractivity contribution in [2.45, 2.75) is 18.7 Å². The van der Waals surface area contributed by atoms with Crippen LogP contribution in [0.4, 0.5) is 0 Å². The molecule has 1 aromatic carbocycles. The first-order chi connectivity index (χ1) is 8.08. The summed E-state index contributed by atoms with van der Waals surface area (Å²) in [6.45, 7) is 2.49. The number of ether oxygens (including phenoxy) is 2. The molecular formula is C12H19NO3S. The SMILES string of the molecule is CCOc1cc(CC(N)S(C)=O)ccc1OC. The van der Waals surface area contributed by atoms with Gasteiger partial charge in [-0.15, -0.1) is 0 Å². The molecule has 0 aromatic heterocycles. The van der Waals surface area contributed by atoms with E-state index in [1.54, 1.807) is 13.4 Å². The lowest BCUT2D eigenvalue weighted by molar-refractivity contribution is 0.310. The van der Waals surface area contributed by atoms with Gasteiger partial charge >= 0.3 is 0 Å². The van der Waals surface area contributed by atoms with E-state index < -0.39 is 10.8 Å². The van der Waals surface area contributed by atoms with E-state index >= 15 is 0 Å². The molecule has 0 saturated heterocycles. The zero-order valence-electron chi connectivity index (χ0n) is 10.4. The van der Waals surface area contributed by atoms with Gasteiger partial charge in [0.2, 0.25) is 0 Å². The molecule has 0 spiro atoms. The number of nitrogens with two attached hydrogens (primary N) is 1. The number of rotatable bonds is 6. The molecule has 0 radical (unpaired) electrons. The summed E-state index contributed by atoms with van der Waals surface area (Å²) in [5.74, 6) is 1.39. The zero-order valence-corrected chi connectivity index (χ0v) is 11.3. The van der Waals surface area contributed by atoms with Gasteiger partial charge in [-0.1, -0.05) is 6.07 Å². The molecule has 0 amide bonds. The standard InChI is InChI=1S/C12H19NO3S/c1-4-16-11-7-9(5-6-10(11)15-2)8-12(13)17(3)14/h5-7,12H,4,8,13H2,1-3H3.